The molecular formula is C11H13ClF2O2. The smallest absolute Gasteiger partial charge is 0.190 e. The highest BCUT2D eigenvalue weighted by molar-refractivity contribution is 6.17. The Morgan fingerprint density at radius 2 is 1.94 bits per heavy atom. The molecule has 0 radical (unpaired) electrons. The molecule has 0 unspecified atom stereocenters. The zero-order valence-electron chi connectivity index (χ0n) is 8.84. The Morgan fingerprint density at radius 3 is 2.38 bits per heavy atom. The molecule has 1 aromatic rings. The summed E-state index contributed by atoms with van der Waals surface area (Å²) in [4.78, 5) is 0. The van der Waals surface area contributed by atoms with E-state index in [1.165, 1.54) is 6.92 Å². The molecule has 0 aromatic heterocycles. The molecule has 90 valence electrons. The van der Waals surface area contributed by atoms with E-state index in [2.05, 4.69) is 0 Å². The molecule has 1 atom stereocenters. The fraction of sp³-hybridized carbons (Fsp3) is 0.455. The van der Waals surface area contributed by atoms with E-state index in [-0.39, 0.29) is 12.2 Å². The maximum atomic E-state index is 13.4. The lowest BCUT2D eigenvalue weighted by atomic mass is 10.1. The number of hydrogen-bond acceptors (Lipinski definition) is 2. The van der Waals surface area contributed by atoms with Gasteiger partial charge >= 0.3 is 0 Å². The van der Waals surface area contributed by atoms with Gasteiger partial charge in [0.15, 0.2) is 17.4 Å². The summed E-state index contributed by atoms with van der Waals surface area (Å²) in [5, 5.41) is 9.19. The maximum absolute atomic E-state index is 13.4. The van der Waals surface area contributed by atoms with Gasteiger partial charge in [-0.15, -0.1) is 11.6 Å². The van der Waals surface area contributed by atoms with E-state index < -0.39 is 23.5 Å². The Hall–Kier alpha value is -0.870. The van der Waals surface area contributed by atoms with Crippen molar-refractivity contribution in [2.75, 3.05) is 12.5 Å². The van der Waals surface area contributed by atoms with Crippen LogP contribution in [0.4, 0.5) is 8.78 Å². The number of alkyl halides is 1. The fourth-order valence-corrected chi connectivity index (χ4v) is 1.30. The summed E-state index contributed by atoms with van der Waals surface area (Å²) < 4.78 is 31.7. The lowest BCUT2D eigenvalue weighted by Crippen LogP contribution is -2.04. The molecule has 0 saturated heterocycles. The second kappa shape index (κ2) is 6.01. The molecule has 0 amide bonds. The Balaban J connectivity index is 2.85. The fourth-order valence-electron chi connectivity index (χ4n) is 1.19. The summed E-state index contributed by atoms with van der Waals surface area (Å²) in [7, 11) is 0. The molecule has 0 fully saturated rings. The van der Waals surface area contributed by atoms with Crippen molar-refractivity contribution in [2.24, 2.45) is 0 Å². The zero-order valence-corrected chi connectivity index (χ0v) is 9.60. The highest BCUT2D eigenvalue weighted by Crippen LogP contribution is 2.26. The minimum absolute atomic E-state index is 0.158. The molecule has 0 spiro atoms. The first kappa shape index (κ1) is 13.2. The van der Waals surface area contributed by atoms with Crippen LogP contribution >= 0.6 is 11.6 Å². The second-order valence-electron chi connectivity index (χ2n) is 3.38. The normalized spacial score (nSPS) is 12.6. The van der Waals surface area contributed by atoms with Crippen LogP contribution < -0.4 is 4.74 Å². The van der Waals surface area contributed by atoms with Gasteiger partial charge in [-0.3, -0.25) is 0 Å². The van der Waals surface area contributed by atoms with Crippen LogP contribution in [0.2, 0.25) is 0 Å². The van der Waals surface area contributed by atoms with E-state index in [0.717, 1.165) is 12.1 Å². The van der Waals surface area contributed by atoms with Gasteiger partial charge in [-0.25, -0.2) is 8.78 Å². The number of halogens is 3. The number of aliphatic hydroxyl groups is 1. The summed E-state index contributed by atoms with van der Waals surface area (Å²) >= 11 is 5.41. The third-order valence-corrected chi connectivity index (χ3v) is 2.29. The standard InChI is InChI=1S/C11H13ClF2O2/c1-7(15)8-5-9(13)11(10(14)6-8)16-4-2-3-12/h5-7,15H,2-4H2,1H3/t7-/m0/s1. The van der Waals surface area contributed by atoms with Gasteiger partial charge in [-0.2, -0.15) is 0 Å². The highest BCUT2D eigenvalue weighted by atomic mass is 35.5. The number of ether oxygens (including phenoxy) is 1. The monoisotopic (exact) mass is 250 g/mol. The molecule has 1 N–H and O–H groups in total. The third kappa shape index (κ3) is 3.32. The molecular weight excluding hydrogens is 238 g/mol. The van der Waals surface area contributed by atoms with Gasteiger partial charge < -0.3 is 9.84 Å². The Labute approximate surface area is 97.8 Å². The SMILES string of the molecule is C[C@H](O)c1cc(F)c(OCCCCl)c(F)c1. The van der Waals surface area contributed by atoms with Crippen LogP contribution in [0, 0.1) is 11.6 Å². The summed E-state index contributed by atoms with van der Waals surface area (Å²) in [6.07, 6.45) is -0.403. The number of aliphatic hydroxyl groups excluding tert-OH is 1. The summed E-state index contributed by atoms with van der Waals surface area (Å²) in [6, 6.07) is 2.12. The Bertz CT molecular complexity index is 333. The summed E-state index contributed by atoms with van der Waals surface area (Å²) in [5.74, 6) is -1.68. The van der Waals surface area contributed by atoms with Crippen molar-refractivity contribution in [3.63, 3.8) is 0 Å². The van der Waals surface area contributed by atoms with Crippen LogP contribution in [0.3, 0.4) is 0 Å². The molecule has 1 aromatic carbocycles. The van der Waals surface area contributed by atoms with Crippen LogP contribution in [-0.2, 0) is 0 Å². The van der Waals surface area contributed by atoms with Gasteiger partial charge in [0, 0.05) is 5.88 Å². The maximum Gasteiger partial charge on any atom is 0.190 e. The summed E-state index contributed by atoms with van der Waals surface area (Å²) in [5.41, 5.74) is 0.180. The number of benzene rings is 1. The van der Waals surface area contributed by atoms with E-state index in [9.17, 15) is 13.9 Å². The van der Waals surface area contributed by atoms with Crippen LogP contribution in [0.1, 0.15) is 25.0 Å². The van der Waals surface area contributed by atoms with Gasteiger partial charge in [-0.1, -0.05) is 0 Å². The lowest BCUT2D eigenvalue weighted by molar-refractivity contribution is 0.197. The topological polar surface area (TPSA) is 29.5 Å². The van der Waals surface area contributed by atoms with Crippen molar-refractivity contribution in [1.29, 1.82) is 0 Å². The molecule has 0 aliphatic rings. The first-order chi connectivity index (χ1) is 7.56. The second-order valence-corrected chi connectivity index (χ2v) is 3.76. The van der Waals surface area contributed by atoms with Crippen LogP contribution in [0.5, 0.6) is 5.75 Å². The van der Waals surface area contributed by atoms with Gasteiger partial charge in [0.05, 0.1) is 12.7 Å². The third-order valence-electron chi connectivity index (χ3n) is 2.03. The molecule has 0 heterocycles. The molecule has 5 heteroatoms. The summed E-state index contributed by atoms with van der Waals surface area (Å²) in [6.45, 7) is 1.59. The van der Waals surface area contributed by atoms with Crippen LogP contribution in [0.15, 0.2) is 12.1 Å². The van der Waals surface area contributed by atoms with Crippen LogP contribution in [-0.4, -0.2) is 17.6 Å². The van der Waals surface area contributed by atoms with Gasteiger partial charge in [0.1, 0.15) is 0 Å². The predicted octanol–water partition coefficient (Wildman–Crippen LogP) is 3.03. The Morgan fingerprint density at radius 1 is 1.38 bits per heavy atom. The quantitative estimate of drug-likeness (QED) is 0.643. The first-order valence-electron chi connectivity index (χ1n) is 4.92. The highest BCUT2D eigenvalue weighted by Gasteiger charge is 2.14. The van der Waals surface area contributed by atoms with Crippen molar-refractivity contribution >= 4 is 11.6 Å². The minimum atomic E-state index is -0.916. The van der Waals surface area contributed by atoms with Gasteiger partial charge in [0.25, 0.3) is 0 Å². The van der Waals surface area contributed by atoms with E-state index in [0.29, 0.717) is 12.3 Å². The molecule has 16 heavy (non-hydrogen) atoms. The largest absolute Gasteiger partial charge is 0.488 e. The number of rotatable bonds is 5. The van der Waals surface area contributed by atoms with Crippen molar-refractivity contribution in [3.05, 3.63) is 29.3 Å². The van der Waals surface area contributed by atoms with Gasteiger partial charge in [0.2, 0.25) is 0 Å². The molecule has 0 aliphatic heterocycles. The Kier molecular flexibility index (Phi) is 4.96. The minimum Gasteiger partial charge on any atom is -0.488 e. The average molecular weight is 251 g/mol. The van der Waals surface area contributed by atoms with E-state index in [4.69, 9.17) is 16.3 Å². The lowest BCUT2D eigenvalue weighted by Gasteiger charge is -2.10. The van der Waals surface area contributed by atoms with E-state index in [1.807, 2.05) is 0 Å². The van der Waals surface area contributed by atoms with Gasteiger partial charge in [-0.05, 0) is 31.0 Å². The molecule has 0 aliphatic carbocycles. The van der Waals surface area contributed by atoms with E-state index >= 15 is 0 Å². The van der Waals surface area contributed by atoms with Crippen molar-refractivity contribution < 1.29 is 18.6 Å². The van der Waals surface area contributed by atoms with Crippen molar-refractivity contribution in [1.82, 2.24) is 0 Å². The first-order valence-corrected chi connectivity index (χ1v) is 5.45. The molecule has 0 saturated carbocycles. The molecule has 2 nitrogen and oxygen atoms in total. The van der Waals surface area contributed by atoms with Crippen LogP contribution in [0.25, 0.3) is 0 Å². The van der Waals surface area contributed by atoms with Crippen molar-refractivity contribution in [3.8, 4) is 5.75 Å². The molecule has 1 rings (SSSR count). The average Bonchev–Trinajstić information content (AvgIpc) is 2.21. The molecule has 0 bridgehead atoms. The zero-order chi connectivity index (χ0) is 12.1. The van der Waals surface area contributed by atoms with Crippen molar-refractivity contribution in [2.45, 2.75) is 19.4 Å². The predicted molar refractivity (Wildman–Crippen MR) is 57.8 cm³/mol. The number of hydrogen-bond donors (Lipinski definition) is 1. The van der Waals surface area contributed by atoms with E-state index in [1.54, 1.807) is 0 Å².